The van der Waals surface area contributed by atoms with E-state index in [0.29, 0.717) is 37.2 Å². The lowest BCUT2D eigenvalue weighted by Gasteiger charge is -2.32. The number of nitrogens with one attached hydrogen (secondary N) is 1. The summed E-state index contributed by atoms with van der Waals surface area (Å²) in [5.41, 5.74) is 1.96. The number of carbonyl (C=O) groups is 1. The van der Waals surface area contributed by atoms with Gasteiger partial charge in [0.2, 0.25) is 10.0 Å². The van der Waals surface area contributed by atoms with Gasteiger partial charge in [-0.3, -0.25) is 4.79 Å². The fraction of sp³-hybridized carbons (Fsp3) is 0.333. The lowest BCUT2D eigenvalue weighted by atomic mass is 10.0. The number of hydrogen-bond donors (Lipinski definition) is 1. The molecule has 8 nitrogen and oxygen atoms in total. The maximum Gasteiger partial charge on any atom is 0.253 e. The number of rotatable bonds is 5. The minimum atomic E-state index is -3.71. The van der Waals surface area contributed by atoms with Gasteiger partial charge in [-0.25, -0.2) is 13.1 Å². The van der Waals surface area contributed by atoms with Crippen molar-refractivity contribution >= 4 is 15.9 Å². The highest BCUT2D eigenvalue weighted by molar-refractivity contribution is 7.89. The molecule has 0 bridgehead atoms. The summed E-state index contributed by atoms with van der Waals surface area (Å²) in [5, 5.41) is 3.72. The first kappa shape index (κ1) is 20.4. The Bertz CT molecular complexity index is 1110. The van der Waals surface area contributed by atoms with Crippen molar-refractivity contribution in [3.05, 3.63) is 65.8 Å². The van der Waals surface area contributed by atoms with Gasteiger partial charge in [0.05, 0.1) is 0 Å². The number of amides is 1. The SMILES string of the molecule is Cc1noc(C)c1S(=O)(=O)NC1CCN(C(=O)c2ccc(-n3cccc3)cc2)CC1. The summed E-state index contributed by atoms with van der Waals surface area (Å²) in [6, 6.07) is 11.1. The number of piperidine rings is 1. The van der Waals surface area contributed by atoms with E-state index in [1.807, 2.05) is 53.4 Å². The fourth-order valence-electron chi connectivity index (χ4n) is 3.80. The van der Waals surface area contributed by atoms with Crippen LogP contribution in [-0.2, 0) is 10.0 Å². The average Bonchev–Trinajstić information content (AvgIpc) is 3.38. The summed E-state index contributed by atoms with van der Waals surface area (Å²) < 4.78 is 35.0. The number of likely N-dealkylation sites (tertiary alicyclic amines) is 1. The second kappa shape index (κ2) is 8.08. The quantitative estimate of drug-likeness (QED) is 0.674. The Kier molecular flexibility index (Phi) is 5.48. The maximum absolute atomic E-state index is 12.8. The summed E-state index contributed by atoms with van der Waals surface area (Å²) in [4.78, 5) is 14.7. The van der Waals surface area contributed by atoms with Crippen molar-refractivity contribution in [3.63, 3.8) is 0 Å². The molecule has 1 amide bonds. The molecule has 0 radical (unpaired) electrons. The smallest absolute Gasteiger partial charge is 0.253 e. The van der Waals surface area contributed by atoms with Gasteiger partial charge >= 0.3 is 0 Å². The van der Waals surface area contributed by atoms with Crippen molar-refractivity contribution in [1.29, 1.82) is 0 Å². The largest absolute Gasteiger partial charge is 0.360 e. The first-order valence-corrected chi connectivity index (χ1v) is 11.3. The highest BCUT2D eigenvalue weighted by atomic mass is 32.2. The number of carbonyl (C=O) groups excluding carboxylic acids is 1. The van der Waals surface area contributed by atoms with E-state index in [-0.39, 0.29) is 22.6 Å². The van der Waals surface area contributed by atoms with Gasteiger partial charge in [0.15, 0.2) is 5.76 Å². The van der Waals surface area contributed by atoms with Gasteiger partial charge in [-0.05, 0) is 63.1 Å². The molecule has 0 saturated carbocycles. The van der Waals surface area contributed by atoms with E-state index < -0.39 is 10.0 Å². The molecule has 0 aliphatic carbocycles. The van der Waals surface area contributed by atoms with Crippen LogP contribution in [0.15, 0.2) is 58.2 Å². The molecule has 1 aliphatic heterocycles. The predicted molar refractivity (Wildman–Crippen MR) is 111 cm³/mol. The third-order valence-corrected chi connectivity index (χ3v) is 7.12. The van der Waals surface area contributed by atoms with Crippen LogP contribution in [0.3, 0.4) is 0 Å². The van der Waals surface area contributed by atoms with Crippen LogP contribution in [0.5, 0.6) is 0 Å². The highest BCUT2D eigenvalue weighted by Gasteiger charge is 2.30. The van der Waals surface area contributed by atoms with E-state index >= 15 is 0 Å². The van der Waals surface area contributed by atoms with Gasteiger partial charge in [-0.15, -0.1) is 0 Å². The minimum absolute atomic E-state index is 0.0407. The Labute approximate surface area is 175 Å². The number of hydrogen-bond acceptors (Lipinski definition) is 5. The third-order valence-electron chi connectivity index (χ3n) is 5.36. The normalized spacial score (nSPS) is 15.5. The van der Waals surface area contributed by atoms with Crippen LogP contribution in [0.2, 0.25) is 0 Å². The number of nitrogens with zero attached hydrogens (tertiary/aromatic N) is 3. The van der Waals surface area contributed by atoms with E-state index in [9.17, 15) is 13.2 Å². The van der Waals surface area contributed by atoms with E-state index in [2.05, 4.69) is 9.88 Å². The van der Waals surface area contributed by atoms with Crippen molar-refractivity contribution < 1.29 is 17.7 Å². The molecule has 3 heterocycles. The predicted octanol–water partition coefficient (Wildman–Crippen LogP) is 2.67. The first-order chi connectivity index (χ1) is 14.3. The fourth-order valence-corrected chi connectivity index (χ4v) is 5.44. The Morgan fingerprint density at radius 2 is 1.73 bits per heavy atom. The van der Waals surface area contributed by atoms with E-state index in [4.69, 9.17) is 4.52 Å². The van der Waals surface area contributed by atoms with Gasteiger partial charge in [0.25, 0.3) is 5.91 Å². The molecule has 1 aromatic carbocycles. The van der Waals surface area contributed by atoms with E-state index in [1.54, 1.807) is 18.7 Å². The van der Waals surface area contributed by atoms with E-state index in [1.165, 1.54) is 0 Å². The van der Waals surface area contributed by atoms with E-state index in [0.717, 1.165) is 5.69 Å². The molecule has 4 rings (SSSR count). The molecule has 30 heavy (non-hydrogen) atoms. The number of benzene rings is 1. The summed E-state index contributed by atoms with van der Waals surface area (Å²) in [7, 11) is -3.71. The van der Waals surface area contributed by atoms with Crippen LogP contribution < -0.4 is 4.72 Å². The molecule has 1 saturated heterocycles. The molecule has 158 valence electrons. The molecule has 0 atom stereocenters. The molecule has 1 fully saturated rings. The van der Waals surface area contributed by atoms with Crippen molar-refractivity contribution in [1.82, 2.24) is 19.3 Å². The molecule has 0 unspecified atom stereocenters. The van der Waals surface area contributed by atoms with Gasteiger partial charge in [-0.2, -0.15) is 0 Å². The molecule has 2 aromatic heterocycles. The lowest BCUT2D eigenvalue weighted by molar-refractivity contribution is 0.0711. The van der Waals surface area contributed by atoms with Gasteiger partial charge < -0.3 is 14.0 Å². The topological polar surface area (TPSA) is 97.4 Å². The van der Waals surface area contributed by atoms with Crippen molar-refractivity contribution in [2.45, 2.75) is 37.6 Å². The molecule has 1 N–H and O–H groups in total. The zero-order valence-electron chi connectivity index (χ0n) is 16.9. The van der Waals surface area contributed by atoms with Crippen molar-refractivity contribution in [3.8, 4) is 5.69 Å². The second-order valence-corrected chi connectivity index (χ2v) is 9.13. The molecule has 9 heteroatoms. The molecule has 0 spiro atoms. The summed E-state index contributed by atoms with van der Waals surface area (Å²) >= 11 is 0. The van der Waals surface area contributed by atoms with Crippen LogP contribution in [0, 0.1) is 13.8 Å². The lowest BCUT2D eigenvalue weighted by Crippen LogP contribution is -2.46. The molecule has 1 aliphatic rings. The molecular weight excluding hydrogens is 404 g/mol. The number of sulfonamides is 1. The Morgan fingerprint density at radius 1 is 1.10 bits per heavy atom. The molecular formula is C21H24N4O4S. The second-order valence-electron chi connectivity index (χ2n) is 7.48. The summed E-state index contributed by atoms with van der Waals surface area (Å²) in [5.74, 6) is 0.233. The number of aryl methyl sites for hydroxylation is 2. The van der Waals surface area contributed by atoms with Gasteiger partial charge in [0.1, 0.15) is 10.6 Å². The van der Waals surface area contributed by atoms with Gasteiger partial charge in [-0.1, -0.05) is 5.16 Å². The summed E-state index contributed by atoms with van der Waals surface area (Å²) in [6.45, 7) is 4.17. The summed E-state index contributed by atoms with van der Waals surface area (Å²) in [6.07, 6.45) is 5.00. The third kappa shape index (κ3) is 4.03. The van der Waals surface area contributed by atoms with Crippen LogP contribution in [-0.4, -0.2) is 48.1 Å². The van der Waals surface area contributed by atoms with Crippen LogP contribution in [0.25, 0.3) is 5.69 Å². The zero-order chi connectivity index (χ0) is 21.3. The first-order valence-electron chi connectivity index (χ1n) is 9.83. The number of aromatic nitrogens is 2. The minimum Gasteiger partial charge on any atom is -0.360 e. The monoisotopic (exact) mass is 428 g/mol. The maximum atomic E-state index is 12.8. The Balaban J connectivity index is 1.37. The van der Waals surface area contributed by atoms with Crippen LogP contribution in [0.4, 0.5) is 0 Å². The Morgan fingerprint density at radius 3 is 2.30 bits per heavy atom. The standard InChI is InChI=1S/C21H24N4O4S/c1-15-20(16(2)29-22-15)30(27,28)23-18-9-13-25(14-10-18)21(26)17-5-7-19(8-6-17)24-11-3-4-12-24/h3-8,11-12,18,23H,9-10,13-14H2,1-2H3. The Hall–Kier alpha value is -2.91. The highest BCUT2D eigenvalue weighted by Crippen LogP contribution is 2.22. The average molecular weight is 429 g/mol. The van der Waals surface area contributed by atoms with Crippen LogP contribution in [0.1, 0.15) is 34.7 Å². The van der Waals surface area contributed by atoms with Gasteiger partial charge in [0, 0.05) is 42.8 Å². The van der Waals surface area contributed by atoms with Crippen LogP contribution >= 0.6 is 0 Å². The van der Waals surface area contributed by atoms with Crippen molar-refractivity contribution in [2.75, 3.05) is 13.1 Å². The zero-order valence-corrected chi connectivity index (χ0v) is 17.7. The van der Waals surface area contributed by atoms with Crippen molar-refractivity contribution in [2.24, 2.45) is 0 Å². The molecule has 3 aromatic rings.